The van der Waals surface area contributed by atoms with Gasteiger partial charge in [-0.2, -0.15) is 10.3 Å². The minimum atomic E-state index is -0.510. The molecule has 0 amide bonds. The molecule has 0 fully saturated rings. The lowest BCUT2D eigenvalue weighted by atomic mass is 9.86. The van der Waals surface area contributed by atoms with Crippen molar-refractivity contribution >= 4 is 11.8 Å². The molecule has 14 heavy (non-hydrogen) atoms. The van der Waals surface area contributed by atoms with Gasteiger partial charge in [-0.05, 0) is 31.5 Å². The molecule has 0 saturated carbocycles. The molecule has 0 saturated heterocycles. The Hall–Kier alpha value is -1.91. The van der Waals surface area contributed by atoms with Crippen LogP contribution in [0.1, 0.15) is 19.4 Å². The zero-order valence-corrected chi connectivity index (χ0v) is 8.11. The first-order valence-electron chi connectivity index (χ1n) is 4.20. The van der Waals surface area contributed by atoms with Crippen molar-refractivity contribution in [1.82, 2.24) is 0 Å². The average Bonchev–Trinajstić information content (AvgIpc) is 2.19. The zero-order valence-electron chi connectivity index (χ0n) is 8.11. The van der Waals surface area contributed by atoms with E-state index in [2.05, 4.69) is 11.1 Å². The second kappa shape index (κ2) is 3.87. The molecule has 0 unspecified atom stereocenters. The quantitative estimate of drug-likeness (QED) is 0.526. The summed E-state index contributed by atoms with van der Waals surface area (Å²) in [7, 11) is 0. The Bertz CT molecular complexity index is 406. The van der Waals surface area contributed by atoms with Crippen LogP contribution in [0, 0.1) is 11.3 Å². The Morgan fingerprint density at radius 2 is 1.86 bits per heavy atom. The summed E-state index contributed by atoms with van der Waals surface area (Å²) in [6.07, 6.45) is 1.47. The fourth-order valence-electron chi connectivity index (χ4n) is 1.07. The number of nitrogens with zero attached hydrogens (tertiary/aromatic N) is 2. The van der Waals surface area contributed by atoms with Crippen molar-refractivity contribution in [2.45, 2.75) is 19.3 Å². The van der Waals surface area contributed by atoms with Gasteiger partial charge >= 0.3 is 0 Å². The molecule has 3 nitrogen and oxygen atoms in total. The molecule has 3 heteroatoms. The van der Waals surface area contributed by atoms with Crippen LogP contribution in [0.15, 0.2) is 29.3 Å². The van der Waals surface area contributed by atoms with Crippen LogP contribution in [0.5, 0.6) is 0 Å². The summed E-state index contributed by atoms with van der Waals surface area (Å²) < 4.78 is 0. The SMILES string of the molecule is CC(C)(C#N)c1ccc(N=C=O)cc1. The van der Waals surface area contributed by atoms with Gasteiger partial charge in [0.25, 0.3) is 0 Å². The van der Waals surface area contributed by atoms with Crippen molar-refractivity contribution in [3.8, 4) is 6.07 Å². The Balaban J connectivity index is 3.07. The first kappa shape index (κ1) is 10.2. The fraction of sp³-hybridized carbons (Fsp3) is 0.273. The first-order valence-corrected chi connectivity index (χ1v) is 4.20. The van der Waals surface area contributed by atoms with Gasteiger partial charge in [-0.1, -0.05) is 12.1 Å². The number of aliphatic imine (C=N–C) groups is 1. The van der Waals surface area contributed by atoms with Crippen LogP contribution in [-0.2, 0) is 10.2 Å². The molecule has 0 spiro atoms. The normalized spacial score (nSPS) is 10.1. The fourth-order valence-corrected chi connectivity index (χ4v) is 1.07. The van der Waals surface area contributed by atoms with Gasteiger partial charge in [0.05, 0.1) is 17.2 Å². The van der Waals surface area contributed by atoms with E-state index in [0.29, 0.717) is 5.69 Å². The van der Waals surface area contributed by atoms with Gasteiger partial charge in [-0.15, -0.1) is 0 Å². The standard InChI is InChI=1S/C11H10N2O/c1-11(2,7-12)9-3-5-10(6-4-9)13-8-14/h3-6H,1-2H3. The van der Waals surface area contributed by atoms with E-state index in [-0.39, 0.29) is 0 Å². The van der Waals surface area contributed by atoms with E-state index in [4.69, 9.17) is 5.26 Å². The Morgan fingerprint density at radius 3 is 2.29 bits per heavy atom. The third kappa shape index (κ3) is 2.07. The lowest BCUT2D eigenvalue weighted by molar-refractivity contribution is 0.565. The molecule has 0 aromatic heterocycles. The van der Waals surface area contributed by atoms with E-state index in [9.17, 15) is 4.79 Å². The number of benzene rings is 1. The second-order valence-corrected chi connectivity index (χ2v) is 3.49. The van der Waals surface area contributed by atoms with Crippen LogP contribution in [0.25, 0.3) is 0 Å². The average molecular weight is 186 g/mol. The molecular weight excluding hydrogens is 176 g/mol. The first-order chi connectivity index (χ1) is 6.60. The van der Waals surface area contributed by atoms with Gasteiger partial charge in [-0.25, -0.2) is 4.79 Å². The maximum absolute atomic E-state index is 9.97. The maximum Gasteiger partial charge on any atom is 0.240 e. The van der Waals surface area contributed by atoms with Gasteiger partial charge < -0.3 is 0 Å². The number of carbonyl (C=O) groups excluding carboxylic acids is 1. The van der Waals surface area contributed by atoms with Crippen LogP contribution in [0.4, 0.5) is 5.69 Å². The van der Waals surface area contributed by atoms with E-state index in [1.165, 1.54) is 6.08 Å². The van der Waals surface area contributed by atoms with Gasteiger partial charge in [-0.3, -0.25) is 0 Å². The molecule has 0 aliphatic carbocycles. The smallest absolute Gasteiger partial charge is 0.211 e. The number of nitriles is 1. The lowest BCUT2D eigenvalue weighted by Crippen LogP contribution is -2.13. The molecule has 1 aromatic rings. The largest absolute Gasteiger partial charge is 0.240 e. The van der Waals surface area contributed by atoms with Crippen LogP contribution in [0.2, 0.25) is 0 Å². The molecule has 0 N–H and O–H groups in total. The third-order valence-electron chi connectivity index (χ3n) is 2.04. The monoisotopic (exact) mass is 186 g/mol. The van der Waals surface area contributed by atoms with Crippen molar-refractivity contribution in [1.29, 1.82) is 5.26 Å². The van der Waals surface area contributed by atoms with Crippen LogP contribution in [-0.4, -0.2) is 6.08 Å². The summed E-state index contributed by atoms with van der Waals surface area (Å²) in [4.78, 5) is 13.4. The zero-order chi connectivity index (χ0) is 10.6. The highest BCUT2D eigenvalue weighted by Crippen LogP contribution is 2.24. The molecule has 70 valence electrons. The number of rotatable bonds is 2. The predicted octanol–water partition coefficient (Wildman–Crippen LogP) is 2.46. The van der Waals surface area contributed by atoms with E-state index >= 15 is 0 Å². The molecule has 1 aromatic carbocycles. The Kier molecular flexibility index (Phi) is 2.81. The maximum atomic E-state index is 9.97. The number of isocyanates is 1. The lowest BCUT2D eigenvalue weighted by Gasteiger charge is -2.15. The summed E-state index contributed by atoms with van der Waals surface area (Å²) in [5.74, 6) is 0. The third-order valence-corrected chi connectivity index (χ3v) is 2.04. The van der Waals surface area contributed by atoms with Crippen molar-refractivity contribution < 1.29 is 4.79 Å². The summed E-state index contributed by atoms with van der Waals surface area (Å²) >= 11 is 0. The van der Waals surface area contributed by atoms with E-state index < -0.39 is 5.41 Å². The molecule has 1 rings (SSSR count). The highest BCUT2D eigenvalue weighted by Gasteiger charge is 2.18. The summed E-state index contributed by atoms with van der Waals surface area (Å²) in [5, 5.41) is 8.88. The van der Waals surface area contributed by atoms with Gasteiger partial charge in [0.15, 0.2) is 0 Å². The molecule has 0 heterocycles. The highest BCUT2D eigenvalue weighted by atomic mass is 16.1. The summed E-state index contributed by atoms with van der Waals surface area (Å²) in [6, 6.07) is 9.17. The topological polar surface area (TPSA) is 53.2 Å². The van der Waals surface area contributed by atoms with Gasteiger partial charge in [0, 0.05) is 0 Å². The Morgan fingerprint density at radius 1 is 1.29 bits per heavy atom. The van der Waals surface area contributed by atoms with Gasteiger partial charge in [0.1, 0.15) is 0 Å². The van der Waals surface area contributed by atoms with E-state index in [1.807, 2.05) is 13.8 Å². The summed E-state index contributed by atoms with van der Waals surface area (Å²) in [5.41, 5.74) is 0.950. The van der Waals surface area contributed by atoms with Crippen molar-refractivity contribution in [3.63, 3.8) is 0 Å². The van der Waals surface area contributed by atoms with Crippen molar-refractivity contribution in [2.75, 3.05) is 0 Å². The minimum Gasteiger partial charge on any atom is -0.211 e. The molecule has 0 atom stereocenters. The van der Waals surface area contributed by atoms with E-state index in [1.54, 1.807) is 24.3 Å². The number of hydrogen-bond donors (Lipinski definition) is 0. The van der Waals surface area contributed by atoms with Gasteiger partial charge in [0.2, 0.25) is 6.08 Å². The summed E-state index contributed by atoms with van der Waals surface area (Å²) in [6.45, 7) is 3.68. The van der Waals surface area contributed by atoms with Crippen molar-refractivity contribution in [3.05, 3.63) is 29.8 Å². The Labute approximate surface area is 82.7 Å². The molecular formula is C11H10N2O. The molecule has 0 aliphatic rings. The minimum absolute atomic E-state index is 0.510. The van der Waals surface area contributed by atoms with Crippen LogP contribution in [0.3, 0.4) is 0 Å². The molecule has 0 radical (unpaired) electrons. The molecule has 0 aliphatic heterocycles. The highest BCUT2D eigenvalue weighted by molar-refractivity contribution is 5.50. The predicted molar refractivity (Wildman–Crippen MR) is 52.9 cm³/mol. The van der Waals surface area contributed by atoms with Crippen LogP contribution >= 0.6 is 0 Å². The second-order valence-electron chi connectivity index (χ2n) is 3.49. The molecule has 0 bridgehead atoms. The van der Waals surface area contributed by atoms with Crippen molar-refractivity contribution in [2.24, 2.45) is 4.99 Å². The van der Waals surface area contributed by atoms with Crippen LogP contribution < -0.4 is 0 Å². The van der Waals surface area contributed by atoms with E-state index in [0.717, 1.165) is 5.56 Å². The number of hydrogen-bond acceptors (Lipinski definition) is 3.